The molecule has 0 radical (unpaired) electrons. The van der Waals surface area contributed by atoms with Crippen molar-refractivity contribution in [2.45, 2.75) is 24.7 Å². The van der Waals surface area contributed by atoms with Crippen LogP contribution in [0.3, 0.4) is 0 Å². The third-order valence-electron chi connectivity index (χ3n) is 5.27. The highest BCUT2D eigenvalue weighted by Crippen LogP contribution is 2.33. The molecule has 32 heavy (non-hydrogen) atoms. The summed E-state index contributed by atoms with van der Waals surface area (Å²) >= 11 is 2.41. The zero-order chi connectivity index (χ0) is 22.9. The molecule has 9 nitrogen and oxygen atoms in total. The van der Waals surface area contributed by atoms with Crippen LogP contribution in [0.15, 0.2) is 46.0 Å². The quantitative estimate of drug-likeness (QED) is 0.401. The number of benzene rings is 1. The van der Waals surface area contributed by atoms with Crippen LogP contribution in [0.2, 0.25) is 0 Å². The van der Waals surface area contributed by atoms with Gasteiger partial charge in [-0.25, -0.2) is 13.4 Å². The number of hydrogen-bond acceptors (Lipinski definition) is 8. The first-order valence-electron chi connectivity index (χ1n) is 9.84. The number of nitro groups is 1. The number of rotatable bonds is 6. The maximum atomic E-state index is 12.8. The maximum absolute atomic E-state index is 12.8. The van der Waals surface area contributed by atoms with E-state index >= 15 is 0 Å². The molecule has 0 atom stereocenters. The lowest BCUT2D eigenvalue weighted by molar-refractivity contribution is -0.384. The number of anilines is 1. The first-order chi connectivity index (χ1) is 15.2. The van der Waals surface area contributed by atoms with Crippen molar-refractivity contribution in [1.82, 2.24) is 9.29 Å². The summed E-state index contributed by atoms with van der Waals surface area (Å²) in [5, 5.41) is 17.0. The second-order valence-electron chi connectivity index (χ2n) is 7.53. The van der Waals surface area contributed by atoms with Crippen LogP contribution in [-0.4, -0.2) is 41.6 Å². The number of carbonyl (C=O) groups excluding carboxylic acids is 1. The van der Waals surface area contributed by atoms with Crippen molar-refractivity contribution in [2.75, 3.05) is 18.4 Å². The summed E-state index contributed by atoms with van der Waals surface area (Å²) in [5.41, 5.74) is 0.845. The number of amides is 1. The number of piperidine rings is 1. The molecule has 1 amide bonds. The molecule has 1 aliphatic heterocycles. The lowest BCUT2D eigenvalue weighted by atomic mass is 10.0. The highest BCUT2D eigenvalue weighted by molar-refractivity contribution is 7.89. The van der Waals surface area contributed by atoms with E-state index in [1.807, 2.05) is 0 Å². The topological polar surface area (TPSA) is 123 Å². The second kappa shape index (κ2) is 9.06. The third-order valence-corrected chi connectivity index (χ3v) is 8.88. The van der Waals surface area contributed by atoms with Crippen LogP contribution >= 0.6 is 22.7 Å². The van der Waals surface area contributed by atoms with Crippen LogP contribution in [0.5, 0.6) is 0 Å². The van der Waals surface area contributed by atoms with Gasteiger partial charge < -0.3 is 0 Å². The van der Waals surface area contributed by atoms with Gasteiger partial charge in [-0.15, -0.1) is 22.7 Å². The zero-order valence-corrected chi connectivity index (χ0v) is 19.5. The molecular weight excluding hydrogens is 472 g/mol. The van der Waals surface area contributed by atoms with E-state index in [0.717, 1.165) is 12.8 Å². The molecule has 12 heteroatoms. The van der Waals surface area contributed by atoms with E-state index in [1.54, 1.807) is 5.38 Å². The van der Waals surface area contributed by atoms with E-state index in [4.69, 9.17) is 0 Å². The molecule has 0 aliphatic carbocycles. The van der Waals surface area contributed by atoms with E-state index in [2.05, 4.69) is 17.2 Å². The lowest BCUT2D eigenvalue weighted by Gasteiger charge is -2.29. The molecule has 1 saturated heterocycles. The number of aromatic nitrogens is 1. The first-order valence-corrected chi connectivity index (χ1v) is 13.0. The van der Waals surface area contributed by atoms with E-state index in [0.29, 0.717) is 40.3 Å². The van der Waals surface area contributed by atoms with E-state index in [-0.39, 0.29) is 10.6 Å². The molecule has 0 bridgehead atoms. The summed E-state index contributed by atoms with van der Waals surface area (Å²) in [6.45, 7) is 3.13. The Morgan fingerprint density at radius 2 is 1.88 bits per heavy atom. The van der Waals surface area contributed by atoms with Crippen LogP contribution in [-0.2, 0) is 10.0 Å². The molecule has 0 saturated carbocycles. The Hall–Kier alpha value is -2.67. The Morgan fingerprint density at radius 1 is 1.19 bits per heavy atom. The van der Waals surface area contributed by atoms with Crippen molar-refractivity contribution in [3.8, 4) is 10.6 Å². The number of nitrogens with one attached hydrogen (secondary N) is 1. The number of thiazole rings is 1. The van der Waals surface area contributed by atoms with Crippen molar-refractivity contribution < 1.29 is 18.1 Å². The van der Waals surface area contributed by atoms with Crippen molar-refractivity contribution >= 4 is 49.4 Å². The summed E-state index contributed by atoms with van der Waals surface area (Å²) in [6.07, 6.45) is 1.68. The number of thiophene rings is 1. The van der Waals surface area contributed by atoms with Crippen LogP contribution < -0.4 is 5.32 Å². The maximum Gasteiger partial charge on any atom is 0.280 e. The predicted octanol–water partition coefficient (Wildman–Crippen LogP) is 4.45. The molecule has 168 valence electrons. The Bertz CT molecular complexity index is 1240. The lowest BCUT2D eigenvalue weighted by Crippen LogP contribution is -2.37. The Labute approximate surface area is 192 Å². The van der Waals surface area contributed by atoms with Crippen molar-refractivity contribution in [1.29, 1.82) is 0 Å². The van der Waals surface area contributed by atoms with Crippen LogP contribution in [0, 0.1) is 16.0 Å². The van der Waals surface area contributed by atoms with Gasteiger partial charge in [0.15, 0.2) is 5.13 Å². The van der Waals surface area contributed by atoms with Crippen LogP contribution in [0.25, 0.3) is 10.6 Å². The standard InChI is InChI=1S/C20H20N4O5S3/c1-13-6-8-23(9-7-13)32(28,29)16-4-2-14(3-5-16)19(25)22-20-21-17(12-31-20)18-10-15(11-30-18)24(26)27/h2-5,10-13H,6-9H2,1H3,(H,21,22,25). The monoisotopic (exact) mass is 492 g/mol. The van der Waals surface area contributed by atoms with Gasteiger partial charge in [0.25, 0.3) is 11.6 Å². The average molecular weight is 493 g/mol. The minimum Gasteiger partial charge on any atom is -0.298 e. The highest BCUT2D eigenvalue weighted by atomic mass is 32.2. The van der Waals surface area contributed by atoms with Gasteiger partial charge in [0.1, 0.15) is 0 Å². The van der Waals surface area contributed by atoms with Crippen LogP contribution in [0.1, 0.15) is 30.1 Å². The van der Waals surface area contributed by atoms with E-state index in [1.165, 1.54) is 62.7 Å². The Kier molecular flexibility index (Phi) is 6.38. The molecule has 3 aromatic rings. The molecule has 2 aromatic heterocycles. The molecular formula is C20H20N4O5S3. The molecule has 0 spiro atoms. The van der Waals surface area contributed by atoms with Gasteiger partial charge in [-0.05, 0) is 43.0 Å². The number of hydrogen-bond donors (Lipinski definition) is 1. The third kappa shape index (κ3) is 4.72. The molecule has 1 aliphatic rings. The number of sulfonamides is 1. The van der Waals surface area contributed by atoms with Gasteiger partial charge >= 0.3 is 0 Å². The molecule has 1 fully saturated rings. The molecule has 4 rings (SSSR count). The fourth-order valence-corrected chi connectivity index (χ4v) is 6.39. The molecule has 0 unspecified atom stereocenters. The second-order valence-corrected chi connectivity index (χ2v) is 11.2. The summed E-state index contributed by atoms with van der Waals surface area (Å²) in [5.74, 6) is 0.104. The van der Waals surface area contributed by atoms with Crippen molar-refractivity contribution in [3.05, 3.63) is 56.8 Å². The normalized spacial score (nSPS) is 15.5. The van der Waals surface area contributed by atoms with Gasteiger partial charge in [-0.2, -0.15) is 4.31 Å². The highest BCUT2D eigenvalue weighted by Gasteiger charge is 2.28. The number of nitrogens with zero attached hydrogens (tertiary/aromatic N) is 3. The van der Waals surface area contributed by atoms with Gasteiger partial charge in [0.05, 0.1) is 25.8 Å². The van der Waals surface area contributed by atoms with E-state index in [9.17, 15) is 23.3 Å². The largest absolute Gasteiger partial charge is 0.298 e. The first kappa shape index (κ1) is 22.5. The summed E-state index contributed by atoms with van der Waals surface area (Å²) in [4.78, 5) is 28.0. The van der Waals surface area contributed by atoms with Gasteiger partial charge in [-0.1, -0.05) is 6.92 Å². The summed E-state index contributed by atoms with van der Waals surface area (Å²) in [6, 6.07) is 7.28. The average Bonchev–Trinajstić information content (AvgIpc) is 3.44. The fourth-order valence-electron chi connectivity index (χ4n) is 3.32. The minimum atomic E-state index is -3.57. The summed E-state index contributed by atoms with van der Waals surface area (Å²) in [7, 11) is -3.57. The van der Waals surface area contributed by atoms with Gasteiger partial charge in [0.2, 0.25) is 10.0 Å². The SMILES string of the molecule is CC1CCN(S(=O)(=O)c2ccc(C(=O)Nc3nc(-c4cc([N+](=O)[O-])cs4)cs3)cc2)CC1. The predicted molar refractivity (Wildman–Crippen MR) is 124 cm³/mol. The minimum absolute atomic E-state index is 0.00214. The molecule has 1 aromatic carbocycles. The van der Waals surface area contributed by atoms with Gasteiger partial charge in [-0.3, -0.25) is 20.2 Å². The van der Waals surface area contributed by atoms with Gasteiger partial charge in [0, 0.05) is 30.1 Å². The van der Waals surface area contributed by atoms with Crippen LogP contribution in [0.4, 0.5) is 10.8 Å². The van der Waals surface area contributed by atoms with Crippen molar-refractivity contribution in [3.63, 3.8) is 0 Å². The Morgan fingerprint density at radius 3 is 2.50 bits per heavy atom. The smallest absolute Gasteiger partial charge is 0.280 e. The fraction of sp³-hybridized carbons (Fsp3) is 0.300. The van der Waals surface area contributed by atoms with E-state index < -0.39 is 20.9 Å². The summed E-state index contributed by atoms with van der Waals surface area (Å²) < 4.78 is 27.1. The van der Waals surface area contributed by atoms with Crippen molar-refractivity contribution in [2.24, 2.45) is 5.92 Å². The number of carbonyl (C=O) groups is 1. The molecule has 1 N–H and O–H groups in total. The zero-order valence-electron chi connectivity index (χ0n) is 17.1. The Balaban J connectivity index is 1.43. The molecule has 3 heterocycles.